The van der Waals surface area contributed by atoms with Crippen molar-refractivity contribution in [2.45, 2.75) is 25.4 Å². The first-order valence-corrected chi connectivity index (χ1v) is 7.29. The Labute approximate surface area is 130 Å². The van der Waals surface area contributed by atoms with E-state index in [2.05, 4.69) is 5.32 Å². The van der Waals surface area contributed by atoms with Crippen LogP contribution in [0.5, 0.6) is 0 Å². The predicted octanol–water partition coefficient (Wildman–Crippen LogP) is 3.09. The van der Waals surface area contributed by atoms with E-state index in [1.165, 1.54) is 0 Å². The summed E-state index contributed by atoms with van der Waals surface area (Å²) in [4.78, 5) is 12.1. The number of benzene rings is 2. The number of hydrogen-bond acceptors (Lipinski definition) is 2. The van der Waals surface area contributed by atoms with Crippen LogP contribution in [0, 0.1) is 0 Å². The minimum atomic E-state index is -0.561. The minimum absolute atomic E-state index is 0.127. The topological polar surface area (TPSA) is 55.1 Å². The third-order valence-corrected chi connectivity index (χ3v) is 3.58. The van der Waals surface area contributed by atoms with Crippen LogP contribution >= 0.6 is 11.6 Å². The van der Waals surface area contributed by atoms with E-state index in [1.54, 1.807) is 6.07 Å². The van der Waals surface area contributed by atoms with Gasteiger partial charge in [-0.15, -0.1) is 0 Å². The van der Waals surface area contributed by atoms with Crippen molar-refractivity contribution in [3.05, 3.63) is 70.7 Å². The van der Waals surface area contributed by atoms with Crippen LogP contribution in [-0.2, 0) is 11.2 Å². The van der Waals surface area contributed by atoms with Crippen molar-refractivity contribution < 1.29 is 4.79 Å². The van der Waals surface area contributed by atoms with Crippen molar-refractivity contribution in [3.8, 4) is 0 Å². The number of amides is 1. The zero-order valence-corrected chi connectivity index (χ0v) is 12.7. The monoisotopic (exact) mass is 302 g/mol. The maximum atomic E-state index is 12.1. The van der Waals surface area contributed by atoms with Gasteiger partial charge in [0.05, 0.1) is 12.1 Å². The molecule has 2 rings (SSSR count). The van der Waals surface area contributed by atoms with Gasteiger partial charge in [0.1, 0.15) is 0 Å². The predicted molar refractivity (Wildman–Crippen MR) is 86.1 cm³/mol. The highest BCUT2D eigenvalue weighted by molar-refractivity contribution is 6.30. The fraction of sp³-hybridized carbons (Fsp3) is 0.235. The molecule has 2 unspecified atom stereocenters. The van der Waals surface area contributed by atoms with Crippen molar-refractivity contribution >= 4 is 17.5 Å². The molecule has 3 N–H and O–H groups in total. The molecule has 0 saturated carbocycles. The van der Waals surface area contributed by atoms with Crippen LogP contribution < -0.4 is 11.1 Å². The molecule has 21 heavy (non-hydrogen) atoms. The lowest BCUT2D eigenvalue weighted by Crippen LogP contribution is -2.42. The summed E-state index contributed by atoms with van der Waals surface area (Å²) in [7, 11) is 0. The minimum Gasteiger partial charge on any atom is -0.348 e. The first-order valence-electron chi connectivity index (χ1n) is 6.91. The highest BCUT2D eigenvalue weighted by Gasteiger charge is 2.17. The van der Waals surface area contributed by atoms with Gasteiger partial charge in [0, 0.05) is 5.02 Å². The zero-order valence-electron chi connectivity index (χ0n) is 11.9. The smallest absolute Gasteiger partial charge is 0.237 e. The molecule has 1 amide bonds. The van der Waals surface area contributed by atoms with Crippen molar-refractivity contribution in [1.82, 2.24) is 5.32 Å². The number of hydrogen-bond donors (Lipinski definition) is 2. The largest absolute Gasteiger partial charge is 0.348 e. The molecule has 0 aliphatic rings. The van der Waals surface area contributed by atoms with E-state index in [1.807, 2.05) is 55.5 Å². The normalized spacial score (nSPS) is 13.5. The summed E-state index contributed by atoms with van der Waals surface area (Å²) in [6.45, 7) is 1.92. The molecular weight excluding hydrogens is 284 g/mol. The average Bonchev–Trinajstić information content (AvgIpc) is 2.48. The van der Waals surface area contributed by atoms with Crippen molar-refractivity contribution in [3.63, 3.8) is 0 Å². The van der Waals surface area contributed by atoms with E-state index in [0.29, 0.717) is 11.4 Å². The number of carbonyl (C=O) groups is 1. The Bertz CT molecular complexity index is 601. The molecule has 4 heteroatoms. The fourth-order valence-electron chi connectivity index (χ4n) is 2.14. The first-order chi connectivity index (χ1) is 10.1. The van der Waals surface area contributed by atoms with Gasteiger partial charge < -0.3 is 11.1 Å². The van der Waals surface area contributed by atoms with Gasteiger partial charge in [0.25, 0.3) is 0 Å². The van der Waals surface area contributed by atoms with E-state index in [0.717, 1.165) is 11.1 Å². The molecule has 2 atom stereocenters. The fourth-order valence-corrected chi connectivity index (χ4v) is 2.34. The summed E-state index contributed by atoms with van der Waals surface area (Å²) in [6, 6.07) is 16.5. The standard InChI is InChI=1S/C17H19ClN2O/c1-12(14-8-5-9-15(18)11-14)20-17(21)16(19)10-13-6-3-2-4-7-13/h2-9,11-12,16H,10,19H2,1H3,(H,20,21). The Morgan fingerprint density at radius 2 is 1.90 bits per heavy atom. The van der Waals surface area contributed by atoms with Gasteiger partial charge in [-0.25, -0.2) is 0 Å². The quantitative estimate of drug-likeness (QED) is 0.892. The zero-order chi connectivity index (χ0) is 15.2. The molecular formula is C17H19ClN2O. The number of nitrogens with one attached hydrogen (secondary N) is 1. The maximum Gasteiger partial charge on any atom is 0.237 e. The summed E-state index contributed by atoms with van der Waals surface area (Å²) in [5.74, 6) is -0.161. The molecule has 2 aromatic carbocycles. The van der Waals surface area contributed by atoms with Crippen LogP contribution in [0.1, 0.15) is 24.1 Å². The van der Waals surface area contributed by atoms with Gasteiger partial charge in [0.2, 0.25) is 5.91 Å². The SMILES string of the molecule is CC(NC(=O)C(N)Cc1ccccc1)c1cccc(Cl)c1. The Hall–Kier alpha value is -1.84. The first kappa shape index (κ1) is 15.5. The van der Waals surface area contributed by atoms with Crippen molar-refractivity contribution in [2.75, 3.05) is 0 Å². The van der Waals surface area contributed by atoms with Crippen molar-refractivity contribution in [2.24, 2.45) is 5.73 Å². The summed E-state index contributed by atoms with van der Waals surface area (Å²) >= 11 is 5.96. The third kappa shape index (κ3) is 4.59. The Kier molecular flexibility index (Phi) is 5.37. The number of halogens is 1. The third-order valence-electron chi connectivity index (χ3n) is 3.34. The van der Waals surface area contributed by atoms with Crippen LogP contribution in [0.15, 0.2) is 54.6 Å². The second-order valence-corrected chi connectivity index (χ2v) is 5.52. The lowest BCUT2D eigenvalue weighted by molar-refractivity contribution is -0.123. The molecule has 0 saturated heterocycles. The van der Waals surface area contributed by atoms with Crippen LogP contribution in [0.4, 0.5) is 0 Å². The Balaban J connectivity index is 1.94. The van der Waals surface area contributed by atoms with Gasteiger partial charge in [0.15, 0.2) is 0 Å². The summed E-state index contributed by atoms with van der Waals surface area (Å²) in [5.41, 5.74) is 7.98. The summed E-state index contributed by atoms with van der Waals surface area (Å²) in [6.07, 6.45) is 0.523. The summed E-state index contributed by atoms with van der Waals surface area (Å²) < 4.78 is 0. The molecule has 0 fully saturated rings. The van der Waals surface area contributed by atoms with Crippen LogP contribution in [0.3, 0.4) is 0 Å². The van der Waals surface area contributed by atoms with E-state index >= 15 is 0 Å². The van der Waals surface area contributed by atoms with Gasteiger partial charge in [-0.2, -0.15) is 0 Å². The molecule has 110 valence electrons. The Morgan fingerprint density at radius 3 is 2.57 bits per heavy atom. The molecule has 0 heterocycles. The van der Waals surface area contributed by atoms with E-state index in [4.69, 9.17) is 17.3 Å². The molecule has 0 radical (unpaired) electrons. The highest BCUT2D eigenvalue weighted by Crippen LogP contribution is 2.17. The maximum absolute atomic E-state index is 12.1. The molecule has 2 aromatic rings. The molecule has 0 aliphatic heterocycles. The molecule has 0 aliphatic carbocycles. The van der Waals surface area contributed by atoms with Crippen LogP contribution in [0.2, 0.25) is 5.02 Å². The molecule has 3 nitrogen and oxygen atoms in total. The lowest BCUT2D eigenvalue weighted by atomic mass is 10.0. The van der Waals surface area contributed by atoms with Gasteiger partial charge >= 0.3 is 0 Å². The molecule has 0 bridgehead atoms. The highest BCUT2D eigenvalue weighted by atomic mass is 35.5. The van der Waals surface area contributed by atoms with E-state index < -0.39 is 6.04 Å². The number of carbonyl (C=O) groups excluding carboxylic acids is 1. The van der Waals surface area contributed by atoms with Crippen molar-refractivity contribution in [1.29, 1.82) is 0 Å². The molecule has 0 spiro atoms. The van der Waals surface area contributed by atoms with Crippen LogP contribution in [0.25, 0.3) is 0 Å². The molecule has 0 aromatic heterocycles. The van der Waals surface area contributed by atoms with E-state index in [-0.39, 0.29) is 11.9 Å². The Morgan fingerprint density at radius 1 is 1.19 bits per heavy atom. The lowest BCUT2D eigenvalue weighted by Gasteiger charge is -2.18. The van der Waals surface area contributed by atoms with E-state index in [9.17, 15) is 4.79 Å². The van der Waals surface area contributed by atoms with Gasteiger partial charge in [-0.3, -0.25) is 4.79 Å². The summed E-state index contributed by atoms with van der Waals surface area (Å²) in [5, 5.41) is 3.58. The van der Waals surface area contributed by atoms with Gasteiger partial charge in [-0.05, 0) is 36.6 Å². The van der Waals surface area contributed by atoms with Gasteiger partial charge in [-0.1, -0.05) is 54.1 Å². The second-order valence-electron chi connectivity index (χ2n) is 5.08. The average molecular weight is 303 g/mol. The van der Waals surface area contributed by atoms with Crippen LogP contribution in [-0.4, -0.2) is 11.9 Å². The number of nitrogens with two attached hydrogens (primary N) is 1. The number of rotatable bonds is 5. The second kappa shape index (κ2) is 7.25.